The molecule has 3 aromatic carbocycles. The molecule has 0 bridgehead atoms. The summed E-state index contributed by atoms with van der Waals surface area (Å²) in [7, 11) is 0. The van der Waals surface area contributed by atoms with Crippen molar-refractivity contribution in [3.05, 3.63) is 82.9 Å². The molecule has 2 aliphatic heterocycles. The number of benzene rings is 3. The van der Waals surface area contributed by atoms with Crippen LogP contribution in [0.3, 0.4) is 0 Å². The molecule has 0 aliphatic carbocycles. The molecular weight excluding hydrogens is 380 g/mol. The van der Waals surface area contributed by atoms with Crippen LogP contribution in [0.15, 0.2) is 76.8 Å². The van der Waals surface area contributed by atoms with Crippen molar-refractivity contribution in [2.75, 3.05) is 5.75 Å². The molecule has 144 valence electrons. The molecule has 0 unspecified atom stereocenters. The van der Waals surface area contributed by atoms with Crippen molar-refractivity contribution in [2.24, 2.45) is 10.1 Å². The number of thioether (sulfide) groups is 1. The van der Waals surface area contributed by atoms with E-state index in [9.17, 15) is 4.79 Å². The Kier molecular flexibility index (Phi) is 4.56. The van der Waals surface area contributed by atoms with Crippen LogP contribution in [-0.4, -0.2) is 21.8 Å². The highest BCUT2D eigenvalue weighted by molar-refractivity contribution is 8.13. The average molecular weight is 401 g/mol. The third-order valence-electron chi connectivity index (χ3n) is 5.06. The molecule has 0 spiro atoms. The van der Waals surface area contributed by atoms with E-state index >= 15 is 0 Å². The van der Waals surface area contributed by atoms with E-state index in [4.69, 9.17) is 10.1 Å². The van der Waals surface area contributed by atoms with Gasteiger partial charge in [0.25, 0.3) is 5.91 Å². The minimum absolute atomic E-state index is 0.133. The van der Waals surface area contributed by atoms with E-state index in [1.54, 1.807) is 16.8 Å². The Hall–Kier alpha value is -3.12. The minimum Gasteiger partial charge on any atom is -0.298 e. The maximum atomic E-state index is 13.1. The van der Waals surface area contributed by atoms with Crippen molar-refractivity contribution in [3.8, 4) is 0 Å². The largest absolute Gasteiger partial charge is 0.298 e. The second-order valence-corrected chi connectivity index (χ2v) is 8.07. The maximum Gasteiger partial charge on any atom is 0.276 e. The van der Waals surface area contributed by atoms with Crippen molar-refractivity contribution >= 4 is 39.3 Å². The van der Waals surface area contributed by atoms with Crippen LogP contribution < -0.4 is 15.9 Å². The van der Waals surface area contributed by atoms with Crippen LogP contribution in [0, 0.1) is 0 Å². The first-order valence-electron chi connectivity index (χ1n) is 9.73. The van der Waals surface area contributed by atoms with Crippen molar-refractivity contribution in [3.63, 3.8) is 0 Å². The Labute approximate surface area is 172 Å². The Balaban J connectivity index is 1.75. The molecule has 5 rings (SSSR count). The molecule has 6 heteroatoms. The average Bonchev–Trinajstić information content (AvgIpc) is 2.76. The van der Waals surface area contributed by atoms with E-state index in [1.165, 1.54) is 0 Å². The number of fused-ring (bicyclic) bond motifs is 3. The number of amides is 1. The van der Waals surface area contributed by atoms with Gasteiger partial charge in [-0.2, -0.15) is 0 Å². The number of rotatable bonds is 3. The van der Waals surface area contributed by atoms with Gasteiger partial charge >= 0.3 is 0 Å². The highest BCUT2D eigenvalue weighted by Crippen LogP contribution is 2.34. The first-order chi connectivity index (χ1) is 14.3. The summed E-state index contributed by atoms with van der Waals surface area (Å²) in [4.78, 5) is 18.1. The Morgan fingerprint density at radius 1 is 1.03 bits per heavy atom. The van der Waals surface area contributed by atoms with Gasteiger partial charge in [0, 0.05) is 16.5 Å². The topological polar surface area (TPSA) is 57.1 Å². The molecule has 0 fully saturated rings. The molecule has 1 atom stereocenters. The van der Waals surface area contributed by atoms with Crippen LogP contribution in [0.2, 0.25) is 0 Å². The number of amidine groups is 1. The Morgan fingerprint density at radius 3 is 2.72 bits per heavy atom. The van der Waals surface area contributed by atoms with Crippen LogP contribution in [-0.2, 0) is 4.79 Å². The lowest BCUT2D eigenvalue weighted by molar-refractivity contribution is -0.116. The summed E-state index contributed by atoms with van der Waals surface area (Å²) in [6, 6.07) is 22.2. The zero-order valence-electron chi connectivity index (χ0n) is 16.0. The Bertz CT molecular complexity index is 1260. The summed E-state index contributed by atoms with van der Waals surface area (Å²) in [6.07, 6.45) is 0.616. The van der Waals surface area contributed by atoms with Gasteiger partial charge in [0.1, 0.15) is 5.70 Å². The number of hydrazone groups is 1. The van der Waals surface area contributed by atoms with Gasteiger partial charge in [0.15, 0.2) is 11.3 Å². The molecule has 2 heterocycles. The summed E-state index contributed by atoms with van der Waals surface area (Å²) in [5.74, 6) is 0.765. The first kappa shape index (κ1) is 17.9. The predicted octanol–water partition coefficient (Wildman–Crippen LogP) is 3.13. The number of para-hydroxylation sites is 1. The van der Waals surface area contributed by atoms with Crippen molar-refractivity contribution in [2.45, 2.75) is 19.5 Å². The van der Waals surface area contributed by atoms with Crippen LogP contribution in [0.5, 0.6) is 0 Å². The van der Waals surface area contributed by atoms with Gasteiger partial charge in [-0.3, -0.25) is 15.1 Å². The van der Waals surface area contributed by atoms with Crippen LogP contribution in [0.4, 0.5) is 0 Å². The van der Waals surface area contributed by atoms with Gasteiger partial charge in [0.2, 0.25) is 0 Å². The molecule has 5 nitrogen and oxygen atoms in total. The van der Waals surface area contributed by atoms with E-state index < -0.39 is 6.17 Å². The van der Waals surface area contributed by atoms with Crippen molar-refractivity contribution in [1.82, 2.24) is 10.3 Å². The van der Waals surface area contributed by atoms with Gasteiger partial charge in [0.05, 0.1) is 5.36 Å². The number of hydrogen-bond donors (Lipinski definition) is 1. The predicted molar refractivity (Wildman–Crippen MR) is 117 cm³/mol. The molecule has 29 heavy (non-hydrogen) atoms. The molecule has 2 aliphatic rings. The second kappa shape index (κ2) is 7.37. The van der Waals surface area contributed by atoms with Gasteiger partial charge in [-0.05, 0) is 23.3 Å². The highest BCUT2D eigenvalue weighted by Gasteiger charge is 2.34. The van der Waals surface area contributed by atoms with Crippen LogP contribution in [0.25, 0.3) is 16.5 Å². The SMILES string of the molecule is CCCSC1=NN2C(=c3ccccc3=N[C@@H]2c2cccc3ccccc23)C(=O)N1. The molecular formula is C23H20N4OS. The lowest BCUT2D eigenvalue weighted by atomic mass is 10.0. The van der Waals surface area contributed by atoms with E-state index in [0.29, 0.717) is 10.9 Å². The lowest BCUT2D eigenvalue weighted by Gasteiger charge is -2.34. The molecule has 0 saturated carbocycles. The maximum absolute atomic E-state index is 13.1. The van der Waals surface area contributed by atoms with Crippen LogP contribution in [0.1, 0.15) is 25.1 Å². The van der Waals surface area contributed by atoms with E-state index in [-0.39, 0.29) is 5.91 Å². The van der Waals surface area contributed by atoms with E-state index in [0.717, 1.165) is 39.1 Å². The van der Waals surface area contributed by atoms with Gasteiger partial charge in [-0.15, -0.1) is 5.10 Å². The third kappa shape index (κ3) is 3.09. The number of carbonyl (C=O) groups excluding carboxylic acids is 1. The van der Waals surface area contributed by atoms with E-state index in [2.05, 4.69) is 36.5 Å². The standard InChI is InChI=1S/C23H20N4OS/c1-2-14-29-23-25-22(28)20-18-11-5-6-13-19(18)24-21(27(20)26-23)17-12-7-9-15-8-3-4-10-16(15)17/h3-13,21H,2,14H2,1H3,(H,25,26,28)/t21-/m0/s1. The van der Waals surface area contributed by atoms with Gasteiger partial charge < -0.3 is 0 Å². The fourth-order valence-electron chi connectivity index (χ4n) is 3.77. The molecule has 1 N–H and O–H groups in total. The summed E-state index contributed by atoms with van der Waals surface area (Å²) in [5.41, 5.74) is 1.59. The number of nitrogens with zero attached hydrogens (tertiary/aromatic N) is 3. The lowest BCUT2D eigenvalue weighted by Crippen LogP contribution is -2.50. The van der Waals surface area contributed by atoms with Gasteiger partial charge in [-0.1, -0.05) is 79.3 Å². The normalized spacial score (nSPS) is 17.9. The van der Waals surface area contributed by atoms with Crippen LogP contribution >= 0.6 is 11.8 Å². The summed E-state index contributed by atoms with van der Waals surface area (Å²) < 4.78 is 0. The summed E-state index contributed by atoms with van der Waals surface area (Å²) in [6.45, 7) is 2.11. The number of nitrogens with one attached hydrogen (secondary N) is 1. The minimum atomic E-state index is -0.394. The zero-order valence-corrected chi connectivity index (χ0v) is 16.8. The fourth-order valence-corrected chi connectivity index (χ4v) is 4.48. The molecule has 0 radical (unpaired) electrons. The summed E-state index contributed by atoms with van der Waals surface area (Å²) in [5, 5.41) is 14.1. The molecule has 0 aromatic heterocycles. The van der Waals surface area contributed by atoms with Gasteiger partial charge in [-0.25, -0.2) is 5.01 Å². The molecule has 0 saturated heterocycles. The van der Waals surface area contributed by atoms with Crippen molar-refractivity contribution < 1.29 is 4.79 Å². The quantitative estimate of drug-likeness (QED) is 0.735. The second-order valence-electron chi connectivity index (χ2n) is 6.99. The Morgan fingerprint density at radius 2 is 1.83 bits per heavy atom. The number of hydrogen-bond acceptors (Lipinski definition) is 5. The smallest absolute Gasteiger partial charge is 0.276 e. The third-order valence-corrected chi connectivity index (χ3v) is 6.13. The molecule has 3 aromatic rings. The first-order valence-corrected chi connectivity index (χ1v) is 10.7. The summed E-state index contributed by atoms with van der Waals surface area (Å²) >= 11 is 1.56. The highest BCUT2D eigenvalue weighted by atomic mass is 32.2. The number of carbonyl (C=O) groups is 1. The molecule has 1 amide bonds. The monoisotopic (exact) mass is 400 g/mol. The zero-order chi connectivity index (χ0) is 19.8. The fraction of sp³-hybridized carbons (Fsp3) is 0.174. The van der Waals surface area contributed by atoms with E-state index in [1.807, 2.05) is 42.5 Å². The van der Waals surface area contributed by atoms with Crippen molar-refractivity contribution in [1.29, 1.82) is 0 Å².